The Hall–Kier alpha value is -1.39. The van der Waals surface area contributed by atoms with Gasteiger partial charge in [-0.1, -0.05) is 12.1 Å². The Morgan fingerprint density at radius 3 is 2.89 bits per heavy atom. The van der Waals surface area contributed by atoms with Crippen LogP contribution in [-0.2, 0) is 13.0 Å². The Morgan fingerprint density at radius 1 is 1.33 bits per heavy atom. The second-order valence-electron chi connectivity index (χ2n) is 4.26. The first kappa shape index (κ1) is 13.1. The lowest BCUT2D eigenvalue weighted by atomic mass is 10.2. The van der Waals surface area contributed by atoms with E-state index in [1.165, 1.54) is 10.4 Å². The monoisotopic (exact) mass is 262 g/mol. The molecule has 0 aliphatic carbocycles. The lowest BCUT2D eigenvalue weighted by Crippen LogP contribution is -2.01. The van der Waals surface area contributed by atoms with Gasteiger partial charge >= 0.3 is 0 Å². The minimum Gasteiger partial charge on any atom is -0.486 e. The fourth-order valence-electron chi connectivity index (χ4n) is 1.76. The SMILES string of the molecule is Cc1cccc(OCc2nc(C)c(CCN)s2)c1. The second kappa shape index (κ2) is 5.98. The summed E-state index contributed by atoms with van der Waals surface area (Å²) in [6.07, 6.45) is 0.897. The molecule has 0 spiro atoms. The first-order valence-corrected chi connectivity index (χ1v) is 6.85. The van der Waals surface area contributed by atoms with Gasteiger partial charge in [-0.25, -0.2) is 4.98 Å². The van der Waals surface area contributed by atoms with Gasteiger partial charge < -0.3 is 10.5 Å². The first-order chi connectivity index (χ1) is 8.69. The maximum atomic E-state index is 5.74. The van der Waals surface area contributed by atoms with Crippen molar-refractivity contribution < 1.29 is 4.74 Å². The van der Waals surface area contributed by atoms with E-state index in [0.29, 0.717) is 13.2 Å². The van der Waals surface area contributed by atoms with Crippen molar-refractivity contribution in [3.05, 3.63) is 45.4 Å². The van der Waals surface area contributed by atoms with Crippen LogP contribution in [-0.4, -0.2) is 11.5 Å². The van der Waals surface area contributed by atoms with Crippen molar-refractivity contribution in [3.8, 4) is 5.75 Å². The maximum Gasteiger partial charge on any atom is 0.140 e. The summed E-state index contributed by atoms with van der Waals surface area (Å²) in [5, 5.41) is 1.01. The zero-order valence-corrected chi connectivity index (χ0v) is 11.6. The minimum absolute atomic E-state index is 0.527. The third kappa shape index (κ3) is 3.31. The molecule has 1 aromatic heterocycles. The van der Waals surface area contributed by atoms with Gasteiger partial charge in [0.2, 0.25) is 0 Å². The third-order valence-electron chi connectivity index (χ3n) is 2.66. The minimum atomic E-state index is 0.527. The van der Waals surface area contributed by atoms with E-state index < -0.39 is 0 Å². The number of thiazole rings is 1. The standard InChI is InChI=1S/C14H18N2OS/c1-10-4-3-5-12(8-10)17-9-14-16-11(2)13(18-14)6-7-15/h3-5,8H,6-7,9,15H2,1-2H3. The van der Waals surface area contributed by atoms with Crippen LogP contribution in [0.5, 0.6) is 5.75 Å². The molecule has 0 aliphatic heterocycles. The summed E-state index contributed by atoms with van der Waals surface area (Å²) < 4.78 is 5.74. The molecule has 0 saturated carbocycles. The number of aryl methyl sites for hydroxylation is 2. The van der Waals surface area contributed by atoms with Crippen molar-refractivity contribution in [2.45, 2.75) is 26.9 Å². The molecule has 96 valence electrons. The maximum absolute atomic E-state index is 5.74. The molecule has 0 aliphatic rings. The van der Waals surface area contributed by atoms with Crippen molar-refractivity contribution in [1.29, 1.82) is 0 Å². The quantitative estimate of drug-likeness (QED) is 0.901. The predicted octanol–water partition coefficient (Wildman–Crippen LogP) is 2.84. The zero-order chi connectivity index (χ0) is 13.0. The molecule has 2 N–H and O–H groups in total. The summed E-state index contributed by atoms with van der Waals surface area (Å²) in [7, 11) is 0. The normalized spacial score (nSPS) is 10.6. The summed E-state index contributed by atoms with van der Waals surface area (Å²) in [5.74, 6) is 0.892. The number of rotatable bonds is 5. The Morgan fingerprint density at radius 2 is 2.17 bits per heavy atom. The van der Waals surface area contributed by atoms with Gasteiger partial charge in [0.15, 0.2) is 0 Å². The highest BCUT2D eigenvalue weighted by molar-refractivity contribution is 7.11. The highest BCUT2D eigenvalue weighted by Gasteiger charge is 2.07. The van der Waals surface area contributed by atoms with E-state index in [2.05, 4.69) is 18.0 Å². The van der Waals surface area contributed by atoms with Crippen LogP contribution in [0.1, 0.15) is 21.1 Å². The van der Waals surface area contributed by atoms with Crippen LogP contribution in [0.15, 0.2) is 24.3 Å². The number of nitrogens with zero attached hydrogens (tertiary/aromatic N) is 1. The van der Waals surface area contributed by atoms with E-state index in [1.807, 2.05) is 25.1 Å². The lowest BCUT2D eigenvalue weighted by Gasteiger charge is -2.04. The summed E-state index contributed by atoms with van der Waals surface area (Å²) in [6.45, 7) is 5.28. The third-order valence-corrected chi connectivity index (χ3v) is 3.85. The van der Waals surface area contributed by atoms with Gasteiger partial charge in [-0.3, -0.25) is 0 Å². The smallest absolute Gasteiger partial charge is 0.140 e. The Labute approximate surface area is 112 Å². The first-order valence-electron chi connectivity index (χ1n) is 6.03. The average Bonchev–Trinajstić information content (AvgIpc) is 2.69. The van der Waals surface area contributed by atoms with Gasteiger partial charge in [0, 0.05) is 4.88 Å². The van der Waals surface area contributed by atoms with Gasteiger partial charge in [0.1, 0.15) is 17.4 Å². The Kier molecular flexibility index (Phi) is 4.33. The number of benzene rings is 1. The lowest BCUT2D eigenvalue weighted by molar-refractivity contribution is 0.305. The number of aromatic nitrogens is 1. The fraction of sp³-hybridized carbons (Fsp3) is 0.357. The molecular weight excluding hydrogens is 244 g/mol. The molecule has 1 heterocycles. The fourth-order valence-corrected chi connectivity index (χ4v) is 2.76. The van der Waals surface area contributed by atoms with Crippen LogP contribution in [0.25, 0.3) is 0 Å². The van der Waals surface area contributed by atoms with Crippen molar-refractivity contribution >= 4 is 11.3 Å². The summed E-state index contributed by atoms with van der Waals surface area (Å²) >= 11 is 1.69. The molecule has 0 bridgehead atoms. The second-order valence-corrected chi connectivity index (χ2v) is 5.43. The van der Waals surface area contributed by atoms with E-state index in [0.717, 1.165) is 22.9 Å². The highest BCUT2D eigenvalue weighted by Crippen LogP contribution is 2.20. The van der Waals surface area contributed by atoms with Crippen LogP contribution < -0.4 is 10.5 Å². The number of hydrogen-bond acceptors (Lipinski definition) is 4. The topological polar surface area (TPSA) is 48.1 Å². The van der Waals surface area contributed by atoms with Crippen LogP contribution in [0.2, 0.25) is 0 Å². The van der Waals surface area contributed by atoms with Crippen molar-refractivity contribution in [1.82, 2.24) is 4.98 Å². The molecule has 4 heteroatoms. The van der Waals surface area contributed by atoms with E-state index in [1.54, 1.807) is 11.3 Å². The number of hydrogen-bond donors (Lipinski definition) is 1. The van der Waals surface area contributed by atoms with E-state index in [-0.39, 0.29) is 0 Å². The van der Waals surface area contributed by atoms with Gasteiger partial charge in [0.25, 0.3) is 0 Å². The van der Waals surface area contributed by atoms with E-state index in [9.17, 15) is 0 Å². The zero-order valence-electron chi connectivity index (χ0n) is 10.8. The largest absolute Gasteiger partial charge is 0.486 e. The molecule has 0 atom stereocenters. The summed E-state index contributed by atoms with van der Waals surface area (Å²) in [5.41, 5.74) is 7.85. The van der Waals surface area contributed by atoms with Gasteiger partial charge in [-0.15, -0.1) is 11.3 Å². The van der Waals surface area contributed by atoms with Crippen molar-refractivity contribution in [3.63, 3.8) is 0 Å². The Balaban J connectivity index is 2.00. The van der Waals surface area contributed by atoms with Crippen LogP contribution in [0.4, 0.5) is 0 Å². The van der Waals surface area contributed by atoms with E-state index >= 15 is 0 Å². The molecule has 0 radical (unpaired) electrons. The van der Waals surface area contributed by atoms with Gasteiger partial charge in [-0.05, 0) is 44.5 Å². The van der Waals surface area contributed by atoms with Gasteiger partial charge in [-0.2, -0.15) is 0 Å². The van der Waals surface area contributed by atoms with Crippen LogP contribution in [0, 0.1) is 13.8 Å². The van der Waals surface area contributed by atoms with Crippen LogP contribution in [0.3, 0.4) is 0 Å². The molecule has 0 fully saturated rings. The van der Waals surface area contributed by atoms with E-state index in [4.69, 9.17) is 10.5 Å². The molecular formula is C14H18N2OS. The van der Waals surface area contributed by atoms with Crippen molar-refractivity contribution in [2.24, 2.45) is 5.73 Å². The van der Waals surface area contributed by atoms with Crippen molar-refractivity contribution in [2.75, 3.05) is 6.54 Å². The molecule has 2 aromatic rings. The average molecular weight is 262 g/mol. The molecule has 18 heavy (non-hydrogen) atoms. The molecule has 1 aromatic carbocycles. The summed E-state index contributed by atoms with van der Waals surface area (Å²) in [6, 6.07) is 8.05. The van der Waals surface area contributed by atoms with Gasteiger partial charge in [0.05, 0.1) is 5.69 Å². The molecule has 0 unspecified atom stereocenters. The highest BCUT2D eigenvalue weighted by atomic mass is 32.1. The number of nitrogens with two attached hydrogens (primary N) is 1. The molecule has 2 rings (SSSR count). The molecule has 0 amide bonds. The molecule has 3 nitrogen and oxygen atoms in total. The number of ether oxygens (including phenoxy) is 1. The molecule has 0 saturated heterocycles. The predicted molar refractivity (Wildman–Crippen MR) is 75.1 cm³/mol. The summed E-state index contributed by atoms with van der Waals surface area (Å²) in [4.78, 5) is 5.77. The van der Waals surface area contributed by atoms with Crippen LogP contribution >= 0.6 is 11.3 Å². The Bertz CT molecular complexity index is 522.